The molecule has 0 amide bonds. The number of pyridine rings is 1. The molecular weight excluding hydrogens is 224 g/mol. The van der Waals surface area contributed by atoms with Crippen LogP contribution in [0.4, 0.5) is 5.82 Å². The lowest BCUT2D eigenvalue weighted by Crippen LogP contribution is -2.41. The lowest BCUT2D eigenvalue weighted by Gasteiger charge is -2.37. The molecule has 4 nitrogen and oxygen atoms in total. The molecule has 1 heterocycles. The lowest BCUT2D eigenvalue weighted by atomic mass is 9.87. The molecule has 0 saturated heterocycles. The van der Waals surface area contributed by atoms with Crippen molar-refractivity contribution in [2.45, 2.75) is 40.7 Å². The van der Waals surface area contributed by atoms with Crippen LogP contribution in [-0.4, -0.2) is 23.9 Å². The molecule has 4 heteroatoms. The van der Waals surface area contributed by atoms with Crippen LogP contribution in [0.5, 0.6) is 0 Å². The number of rotatable bonds is 3. The maximum atomic E-state index is 7.72. The van der Waals surface area contributed by atoms with E-state index in [2.05, 4.69) is 37.6 Å². The molecule has 0 saturated carbocycles. The number of nitrogens with zero attached hydrogens (tertiary/aromatic N) is 2. The van der Waals surface area contributed by atoms with Crippen LogP contribution in [0, 0.1) is 17.7 Å². The van der Waals surface area contributed by atoms with Gasteiger partial charge in [-0.1, -0.05) is 20.8 Å². The van der Waals surface area contributed by atoms with Crippen LogP contribution >= 0.6 is 0 Å². The van der Waals surface area contributed by atoms with E-state index >= 15 is 0 Å². The highest BCUT2D eigenvalue weighted by atomic mass is 15.2. The quantitative estimate of drug-likeness (QED) is 0.638. The smallest absolute Gasteiger partial charge is 0.139 e. The molecule has 0 bridgehead atoms. The molecule has 1 aromatic heterocycles. The Hall–Kier alpha value is -1.58. The van der Waals surface area contributed by atoms with Gasteiger partial charge in [-0.3, -0.25) is 5.41 Å². The number of nitrogens with two attached hydrogens (primary N) is 1. The number of hydrogen-bond acceptors (Lipinski definition) is 3. The van der Waals surface area contributed by atoms with Crippen molar-refractivity contribution in [2.24, 2.45) is 11.1 Å². The van der Waals surface area contributed by atoms with Crippen molar-refractivity contribution in [1.29, 1.82) is 5.41 Å². The van der Waals surface area contributed by atoms with Crippen molar-refractivity contribution in [3.63, 3.8) is 0 Å². The molecule has 0 aromatic carbocycles. The minimum absolute atomic E-state index is 0.0727. The Bertz CT molecular complexity index is 446. The highest BCUT2D eigenvalue weighted by molar-refractivity contribution is 6.01. The fraction of sp³-hybridized carbons (Fsp3) is 0.571. The third-order valence-electron chi connectivity index (χ3n) is 3.58. The predicted molar refractivity (Wildman–Crippen MR) is 77.3 cm³/mol. The molecule has 1 aromatic rings. The van der Waals surface area contributed by atoms with Crippen LogP contribution in [0.25, 0.3) is 0 Å². The van der Waals surface area contributed by atoms with Gasteiger partial charge in [0.25, 0.3) is 0 Å². The number of hydrogen-bond donors (Lipinski definition) is 2. The zero-order chi connectivity index (χ0) is 14.1. The molecule has 0 aliphatic rings. The second kappa shape index (κ2) is 4.96. The number of nitrogens with one attached hydrogen (secondary N) is 1. The molecule has 100 valence electrons. The molecule has 18 heavy (non-hydrogen) atoms. The van der Waals surface area contributed by atoms with Crippen molar-refractivity contribution < 1.29 is 0 Å². The Morgan fingerprint density at radius 3 is 2.44 bits per heavy atom. The Balaban J connectivity index is 3.26. The number of aryl methyl sites for hydroxylation is 1. The van der Waals surface area contributed by atoms with Gasteiger partial charge in [-0.25, -0.2) is 4.98 Å². The summed E-state index contributed by atoms with van der Waals surface area (Å²) < 4.78 is 0. The van der Waals surface area contributed by atoms with Crippen LogP contribution in [0.15, 0.2) is 12.3 Å². The SMILES string of the molecule is Cc1ccnc(N(C)C(C)C(C)(C)C)c1C(=N)N. The van der Waals surface area contributed by atoms with Gasteiger partial charge in [0, 0.05) is 19.3 Å². The Morgan fingerprint density at radius 1 is 1.44 bits per heavy atom. The van der Waals surface area contributed by atoms with Crippen LogP contribution in [0.1, 0.15) is 38.8 Å². The summed E-state index contributed by atoms with van der Waals surface area (Å²) in [5.41, 5.74) is 7.53. The third kappa shape index (κ3) is 2.81. The van der Waals surface area contributed by atoms with E-state index in [1.54, 1.807) is 6.20 Å². The summed E-state index contributed by atoms with van der Waals surface area (Å²) in [6.45, 7) is 10.7. The Morgan fingerprint density at radius 2 is 2.00 bits per heavy atom. The fourth-order valence-electron chi connectivity index (χ4n) is 1.91. The van der Waals surface area contributed by atoms with Crippen LogP contribution in [0.3, 0.4) is 0 Å². The van der Waals surface area contributed by atoms with Gasteiger partial charge in [0.05, 0.1) is 5.56 Å². The minimum atomic E-state index is 0.0727. The van der Waals surface area contributed by atoms with Crippen molar-refractivity contribution in [3.8, 4) is 0 Å². The molecular formula is C14H24N4. The van der Waals surface area contributed by atoms with Crippen molar-refractivity contribution >= 4 is 11.7 Å². The van der Waals surface area contributed by atoms with E-state index in [0.29, 0.717) is 6.04 Å². The second-order valence-corrected chi connectivity index (χ2v) is 5.89. The standard InChI is InChI=1S/C14H24N4/c1-9-7-8-17-13(11(9)12(15)16)18(6)10(2)14(3,4)5/h7-8,10H,1-6H3,(H3,15,16). The highest BCUT2D eigenvalue weighted by Crippen LogP contribution is 2.28. The first-order valence-electron chi connectivity index (χ1n) is 6.19. The predicted octanol–water partition coefficient (Wildman–Crippen LogP) is 2.54. The minimum Gasteiger partial charge on any atom is -0.384 e. The zero-order valence-corrected chi connectivity index (χ0v) is 12.2. The van der Waals surface area contributed by atoms with Crippen LogP contribution < -0.4 is 10.6 Å². The Labute approximate surface area is 110 Å². The van der Waals surface area contributed by atoms with Crippen molar-refractivity contribution in [3.05, 3.63) is 23.4 Å². The van der Waals surface area contributed by atoms with E-state index in [1.807, 2.05) is 20.0 Å². The van der Waals surface area contributed by atoms with Gasteiger partial charge in [0.2, 0.25) is 0 Å². The van der Waals surface area contributed by atoms with Crippen molar-refractivity contribution in [1.82, 2.24) is 4.98 Å². The number of anilines is 1. The van der Waals surface area contributed by atoms with Gasteiger partial charge >= 0.3 is 0 Å². The summed E-state index contributed by atoms with van der Waals surface area (Å²) in [6.07, 6.45) is 1.77. The summed E-state index contributed by atoms with van der Waals surface area (Å²) >= 11 is 0. The topological polar surface area (TPSA) is 66.0 Å². The van der Waals surface area contributed by atoms with Crippen molar-refractivity contribution in [2.75, 3.05) is 11.9 Å². The molecule has 3 N–H and O–H groups in total. The van der Waals surface area contributed by atoms with E-state index in [4.69, 9.17) is 11.1 Å². The molecule has 0 fully saturated rings. The highest BCUT2D eigenvalue weighted by Gasteiger charge is 2.26. The second-order valence-electron chi connectivity index (χ2n) is 5.89. The summed E-state index contributed by atoms with van der Waals surface area (Å²) in [6, 6.07) is 2.18. The maximum Gasteiger partial charge on any atom is 0.139 e. The Kier molecular flexibility index (Phi) is 3.99. The fourth-order valence-corrected chi connectivity index (χ4v) is 1.91. The van der Waals surface area contributed by atoms with Crippen LogP contribution in [0.2, 0.25) is 0 Å². The normalized spacial score (nSPS) is 13.2. The molecule has 0 aliphatic heterocycles. The largest absolute Gasteiger partial charge is 0.384 e. The van der Waals surface area contributed by atoms with E-state index in [1.165, 1.54) is 0 Å². The number of nitrogen functional groups attached to an aromatic ring is 1. The average Bonchev–Trinajstić information content (AvgIpc) is 2.24. The summed E-state index contributed by atoms with van der Waals surface area (Å²) in [7, 11) is 2.00. The first-order chi connectivity index (χ1) is 8.16. The van der Waals surface area contributed by atoms with E-state index in [0.717, 1.165) is 16.9 Å². The molecule has 1 rings (SSSR count). The monoisotopic (exact) mass is 248 g/mol. The van der Waals surface area contributed by atoms with Gasteiger partial charge in [-0.05, 0) is 30.9 Å². The first-order valence-corrected chi connectivity index (χ1v) is 6.19. The summed E-state index contributed by atoms with van der Waals surface area (Å²) in [4.78, 5) is 6.50. The molecule has 1 unspecified atom stereocenters. The third-order valence-corrected chi connectivity index (χ3v) is 3.58. The lowest BCUT2D eigenvalue weighted by molar-refractivity contribution is 0.328. The maximum absolute atomic E-state index is 7.72. The van der Waals surface area contributed by atoms with E-state index < -0.39 is 0 Å². The molecule has 0 spiro atoms. The van der Waals surface area contributed by atoms with E-state index in [9.17, 15) is 0 Å². The summed E-state index contributed by atoms with van der Waals surface area (Å²) in [5.74, 6) is 0.855. The van der Waals surface area contributed by atoms with Gasteiger partial charge in [0.1, 0.15) is 11.7 Å². The van der Waals surface area contributed by atoms with Gasteiger partial charge < -0.3 is 10.6 Å². The molecule has 0 radical (unpaired) electrons. The van der Waals surface area contributed by atoms with Crippen LogP contribution in [-0.2, 0) is 0 Å². The molecule has 1 atom stereocenters. The number of aromatic nitrogens is 1. The van der Waals surface area contributed by atoms with Gasteiger partial charge in [-0.15, -0.1) is 0 Å². The number of amidine groups is 1. The average molecular weight is 248 g/mol. The van der Waals surface area contributed by atoms with Gasteiger partial charge in [0.15, 0.2) is 0 Å². The zero-order valence-electron chi connectivity index (χ0n) is 12.2. The van der Waals surface area contributed by atoms with Gasteiger partial charge in [-0.2, -0.15) is 0 Å². The van der Waals surface area contributed by atoms with E-state index in [-0.39, 0.29) is 11.3 Å². The summed E-state index contributed by atoms with van der Waals surface area (Å²) in [5, 5.41) is 7.72. The molecule has 0 aliphatic carbocycles. The first kappa shape index (κ1) is 14.5.